The van der Waals surface area contributed by atoms with E-state index >= 15 is 0 Å². The standard InChI is InChI=1S/C13H16Cl2N2O4/c1-7(2)3-9(6-18)16-13(19)8-4-10(14)12(15)11(5-8)17(20)21/h4-5,7,9,18H,3,6H2,1-2H3,(H,16,19). The summed E-state index contributed by atoms with van der Waals surface area (Å²) >= 11 is 11.5. The summed E-state index contributed by atoms with van der Waals surface area (Å²) in [7, 11) is 0. The lowest BCUT2D eigenvalue weighted by molar-refractivity contribution is -0.384. The fourth-order valence-corrected chi connectivity index (χ4v) is 2.25. The van der Waals surface area contributed by atoms with E-state index in [1.165, 1.54) is 6.07 Å². The molecular weight excluding hydrogens is 319 g/mol. The normalized spacial score (nSPS) is 12.3. The van der Waals surface area contributed by atoms with Gasteiger partial charge in [0, 0.05) is 11.6 Å². The first-order chi connectivity index (χ1) is 9.76. The highest BCUT2D eigenvalue weighted by atomic mass is 35.5. The SMILES string of the molecule is CC(C)CC(CO)NC(=O)c1cc(Cl)c(Cl)c([N+](=O)[O-])c1. The molecule has 6 nitrogen and oxygen atoms in total. The van der Waals surface area contributed by atoms with E-state index in [1.54, 1.807) is 0 Å². The van der Waals surface area contributed by atoms with Crippen LogP contribution in [0.5, 0.6) is 0 Å². The zero-order chi connectivity index (χ0) is 16.2. The van der Waals surface area contributed by atoms with Crippen LogP contribution in [0, 0.1) is 16.0 Å². The summed E-state index contributed by atoms with van der Waals surface area (Å²) < 4.78 is 0. The number of nitrogens with one attached hydrogen (secondary N) is 1. The van der Waals surface area contributed by atoms with E-state index in [-0.39, 0.29) is 28.1 Å². The quantitative estimate of drug-likeness (QED) is 0.617. The van der Waals surface area contributed by atoms with Crippen LogP contribution < -0.4 is 5.32 Å². The maximum absolute atomic E-state index is 12.1. The maximum atomic E-state index is 12.1. The predicted octanol–water partition coefficient (Wildman–Crippen LogP) is 3.04. The second kappa shape index (κ2) is 7.59. The summed E-state index contributed by atoms with van der Waals surface area (Å²) in [6, 6.07) is 1.90. The number of hydrogen-bond donors (Lipinski definition) is 2. The van der Waals surface area contributed by atoms with Crippen LogP contribution in [0.2, 0.25) is 10.0 Å². The van der Waals surface area contributed by atoms with Crippen molar-refractivity contribution < 1.29 is 14.8 Å². The highest BCUT2D eigenvalue weighted by molar-refractivity contribution is 6.43. The molecule has 8 heteroatoms. The number of rotatable bonds is 6. The third kappa shape index (κ3) is 4.84. The van der Waals surface area contributed by atoms with Crippen LogP contribution in [0.25, 0.3) is 0 Å². The molecule has 0 heterocycles. The van der Waals surface area contributed by atoms with E-state index in [2.05, 4.69) is 5.32 Å². The van der Waals surface area contributed by atoms with Crippen molar-refractivity contribution >= 4 is 34.8 Å². The second-order valence-electron chi connectivity index (χ2n) is 5.03. The molecule has 1 aromatic carbocycles. The monoisotopic (exact) mass is 334 g/mol. The van der Waals surface area contributed by atoms with Crippen molar-refractivity contribution in [1.29, 1.82) is 0 Å². The third-order valence-corrected chi connectivity index (χ3v) is 3.57. The van der Waals surface area contributed by atoms with Crippen molar-refractivity contribution in [3.63, 3.8) is 0 Å². The summed E-state index contributed by atoms with van der Waals surface area (Å²) in [6.45, 7) is 3.70. The summed E-state index contributed by atoms with van der Waals surface area (Å²) in [5, 5.41) is 22.4. The van der Waals surface area contributed by atoms with Gasteiger partial charge in [-0.3, -0.25) is 14.9 Å². The number of aliphatic hydroxyl groups is 1. The minimum Gasteiger partial charge on any atom is -0.394 e. The van der Waals surface area contributed by atoms with E-state index in [0.29, 0.717) is 6.42 Å². The second-order valence-corrected chi connectivity index (χ2v) is 5.82. The minimum atomic E-state index is -0.706. The molecule has 21 heavy (non-hydrogen) atoms. The van der Waals surface area contributed by atoms with E-state index in [1.807, 2.05) is 13.8 Å². The molecule has 0 spiro atoms. The van der Waals surface area contributed by atoms with Crippen LogP contribution in [-0.4, -0.2) is 28.6 Å². The highest BCUT2D eigenvalue weighted by Crippen LogP contribution is 2.33. The number of hydrogen-bond acceptors (Lipinski definition) is 4. The predicted molar refractivity (Wildman–Crippen MR) is 80.9 cm³/mol. The fourth-order valence-electron chi connectivity index (χ4n) is 1.86. The molecule has 1 rings (SSSR count). The van der Waals surface area contributed by atoms with Gasteiger partial charge >= 0.3 is 0 Å². The summed E-state index contributed by atoms with van der Waals surface area (Å²) in [4.78, 5) is 22.2. The Balaban J connectivity index is 3.00. The molecule has 0 aliphatic rings. The molecular formula is C13H16Cl2N2O4. The molecule has 0 aliphatic carbocycles. The summed E-state index contributed by atoms with van der Waals surface area (Å²) in [6.07, 6.45) is 0.589. The number of carbonyl (C=O) groups is 1. The van der Waals surface area contributed by atoms with Gasteiger partial charge in [-0.05, 0) is 18.4 Å². The first-order valence-corrected chi connectivity index (χ1v) is 7.07. The van der Waals surface area contributed by atoms with E-state index in [0.717, 1.165) is 6.07 Å². The van der Waals surface area contributed by atoms with E-state index in [4.69, 9.17) is 23.2 Å². The Labute approximate surface area is 132 Å². The average molecular weight is 335 g/mol. The van der Waals surface area contributed by atoms with Crippen LogP contribution in [-0.2, 0) is 0 Å². The Morgan fingerprint density at radius 1 is 1.43 bits per heavy atom. The number of amides is 1. The number of halogens is 2. The Bertz CT molecular complexity index is 549. The lowest BCUT2D eigenvalue weighted by Crippen LogP contribution is -2.38. The molecule has 0 aromatic heterocycles. The summed E-state index contributed by atoms with van der Waals surface area (Å²) in [5.74, 6) is -0.262. The number of carbonyl (C=O) groups excluding carboxylic acids is 1. The smallest absolute Gasteiger partial charge is 0.290 e. The summed E-state index contributed by atoms with van der Waals surface area (Å²) in [5.41, 5.74) is -0.406. The van der Waals surface area contributed by atoms with E-state index in [9.17, 15) is 20.0 Å². The molecule has 1 atom stereocenters. The van der Waals surface area contributed by atoms with Gasteiger partial charge in [-0.2, -0.15) is 0 Å². The molecule has 1 unspecified atom stereocenters. The van der Waals surface area contributed by atoms with Crippen molar-refractivity contribution in [3.8, 4) is 0 Å². The number of benzene rings is 1. The number of nitro groups is 1. The van der Waals surface area contributed by atoms with Crippen LogP contribution in [0.15, 0.2) is 12.1 Å². The van der Waals surface area contributed by atoms with Gasteiger partial charge in [-0.1, -0.05) is 37.0 Å². The molecule has 0 saturated heterocycles. The van der Waals surface area contributed by atoms with Crippen LogP contribution in [0.1, 0.15) is 30.6 Å². The Kier molecular flexibility index (Phi) is 6.39. The Hall–Kier alpha value is -1.37. The molecule has 2 N–H and O–H groups in total. The zero-order valence-corrected chi connectivity index (χ0v) is 13.1. The molecule has 0 fully saturated rings. The fraction of sp³-hybridized carbons (Fsp3) is 0.462. The third-order valence-electron chi connectivity index (χ3n) is 2.78. The van der Waals surface area contributed by atoms with Gasteiger partial charge in [0.15, 0.2) is 0 Å². The van der Waals surface area contributed by atoms with Crippen molar-refractivity contribution in [2.24, 2.45) is 5.92 Å². The van der Waals surface area contributed by atoms with Crippen LogP contribution in [0.3, 0.4) is 0 Å². The molecule has 1 amide bonds. The van der Waals surface area contributed by atoms with Crippen LogP contribution in [0.4, 0.5) is 5.69 Å². The molecule has 0 aliphatic heterocycles. The van der Waals surface area contributed by atoms with Gasteiger partial charge in [0.05, 0.1) is 22.6 Å². The van der Waals surface area contributed by atoms with E-state index < -0.39 is 22.6 Å². The van der Waals surface area contributed by atoms with Gasteiger partial charge in [0.25, 0.3) is 11.6 Å². The van der Waals surface area contributed by atoms with Crippen LogP contribution >= 0.6 is 23.2 Å². The zero-order valence-electron chi connectivity index (χ0n) is 11.6. The first-order valence-electron chi connectivity index (χ1n) is 6.31. The van der Waals surface area contributed by atoms with Crippen molar-refractivity contribution in [2.75, 3.05) is 6.61 Å². The van der Waals surface area contributed by atoms with Gasteiger partial charge in [-0.15, -0.1) is 0 Å². The molecule has 0 bridgehead atoms. The lowest BCUT2D eigenvalue weighted by Gasteiger charge is -2.18. The lowest BCUT2D eigenvalue weighted by atomic mass is 10.0. The molecule has 0 radical (unpaired) electrons. The van der Waals surface area contributed by atoms with Crippen molar-refractivity contribution in [1.82, 2.24) is 5.32 Å². The highest BCUT2D eigenvalue weighted by Gasteiger charge is 2.21. The van der Waals surface area contributed by atoms with Gasteiger partial charge < -0.3 is 10.4 Å². The van der Waals surface area contributed by atoms with Crippen molar-refractivity contribution in [2.45, 2.75) is 26.3 Å². The van der Waals surface area contributed by atoms with Gasteiger partial charge in [-0.25, -0.2) is 0 Å². The Morgan fingerprint density at radius 3 is 2.52 bits per heavy atom. The largest absolute Gasteiger partial charge is 0.394 e. The number of nitrogens with zero attached hydrogens (tertiary/aromatic N) is 1. The maximum Gasteiger partial charge on any atom is 0.290 e. The first kappa shape index (κ1) is 17.7. The molecule has 0 saturated carbocycles. The van der Waals surface area contributed by atoms with Crippen molar-refractivity contribution in [3.05, 3.63) is 37.9 Å². The molecule has 116 valence electrons. The molecule has 1 aromatic rings. The topological polar surface area (TPSA) is 92.5 Å². The minimum absolute atomic E-state index is 0.0262. The number of aliphatic hydroxyl groups excluding tert-OH is 1. The van der Waals surface area contributed by atoms with Gasteiger partial charge in [0.1, 0.15) is 5.02 Å². The van der Waals surface area contributed by atoms with Gasteiger partial charge in [0.2, 0.25) is 0 Å². The number of nitro benzene ring substituents is 1. The average Bonchev–Trinajstić information content (AvgIpc) is 2.39. The Morgan fingerprint density at radius 2 is 2.05 bits per heavy atom.